The molecule has 0 bridgehead atoms. The molecule has 6 aromatic carbocycles. The SMILES string of the molecule is COC(=O)c1cc(N2CCCS2(=O)=O)cc(-n2c(C)ccc2-c2cc(Br)ccc2OCc2ccccc2)c1.Cc1ccc(-c2cc(Br)ccc2OCc2ccccc2)n1-c1cc(C(=O)O)cc(N2CCCS2(=O)=O)c1. The first-order valence-corrected chi connectivity index (χ1v) is 28.7. The average molecular weight is 1180 g/mol. The maximum Gasteiger partial charge on any atom is 0.337 e. The van der Waals surface area contributed by atoms with Crippen molar-refractivity contribution in [2.24, 2.45) is 0 Å². The molecule has 0 aliphatic carbocycles. The van der Waals surface area contributed by atoms with Crippen LogP contribution in [-0.4, -0.2) is 74.7 Å². The fourth-order valence-electron chi connectivity index (χ4n) is 9.26. The van der Waals surface area contributed by atoms with E-state index < -0.39 is 32.0 Å². The highest BCUT2D eigenvalue weighted by Crippen LogP contribution is 2.40. The number of rotatable bonds is 14. The number of aromatic nitrogens is 2. The molecule has 386 valence electrons. The molecule has 0 atom stereocenters. The molecule has 0 radical (unpaired) electrons. The minimum absolute atomic E-state index is 0.0171. The molecule has 8 aromatic rings. The van der Waals surface area contributed by atoms with Crippen molar-refractivity contribution in [3.8, 4) is 45.4 Å². The van der Waals surface area contributed by atoms with Crippen LogP contribution >= 0.6 is 31.9 Å². The van der Waals surface area contributed by atoms with E-state index in [0.29, 0.717) is 73.4 Å². The van der Waals surface area contributed by atoms with Gasteiger partial charge >= 0.3 is 11.9 Å². The van der Waals surface area contributed by atoms with Crippen molar-refractivity contribution in [1.29, 1.82) is 0 Å². The second kappa shape index (κ2) is 22.4. The summed E-state index contributed by atoms with van der Waals surface area (Å²) in [6, 6.07) is 49.1. The fourth-order valence-corrected chi connectivity index (χ4v) is 13.1. The molecule has 2 aliphatic heterocycles. The van der Waals surface area contributed by atoms with Gasteiger partial charge < -0.3 is 28.5 Å². The number of carbonyl (C=O) groups is 2. The summed E-state index contributed by atoms with van der Waals surface area (Å²) in [6.07, 6.45) is 1.04. The third kappa shape index (κ3) is 11.7. The summed E-state index contributed by atoms with van der Waals surface area (Å²) in [7, 11) is -5.62. The predicted molar refractivity (Wildman–Crippen MR) is 299 cm³/mol. The number of anilines is 2. The van der Waals surface area contributed by atoms with E-state index >= 15 is 0 Å². The van der Waals surface area contributed by atoms with E-state index in [1.807, 2.05) is 144 Å². The Balaban J connectivity index is 0.000000184. The van der Waals surface area contributed by atoms with Crippen LogP contribution in [0.4, 0.5) is 11.4 Å². The Morgan fingerprint density at radius 2 is 0.947 bits per heavy atom. The highest BCUT2D eigenvalue weighted by molar-refractivity contribution is 9.10. The van der Waals surface area contributed by atoms with Gasteiger partial charge in [-0.3, -0.25) is 8.61 Å². The van der Waals surface area contributed by atoms with Gasteiger partial charge in [-0.1, -0.05) is 92.5 Å². The van der Waals surface area contributed by atoms with E-state index in [1.165, 1.54) is 21.8 Å². The number of methoxy groups -OCH3 is 1. The third-order valence-electron chi connectivity index (χ3n) is 12.8. The van der Waals surface area contributed by atoms with Gasteiger partial charge in [-0.2, -0.15) is 0 Å². The van der Waals surface area contributed by atoms with E-state index in [0.717, 1.165) is 54.0 Å². The Hall–Kier alpha value is -7.12. The Morgan fingerprint density at radius 1 is 0.533 bits per heavy atom. The van der Waals surface area contributed by atoms with Gasteiger partial charge in [0.1, 0.15) is 24.7 Å². The molecule has 1 N–H and O–H groups in total. The number of aryl methyl sites for hydroxylation is 2. The van der Waals surface area contributed by atoms with Gasteiger partial charge in [-0.05, 0) is 135 Å². The monoisotopic (exact) mass is 1170 g/mol. The van der Waals surface area contributed by atoms with Gasteiger partial charge in [-0.15, -0.1) is 0 Å². The largest absolute Gasteiger partial charge is 0.488 e. The zero-order valence-corrected chi connectivity index (χ0v) is 46.0. The number of nitrogens with zero attached hydrogens (tertiary/aromatic N) is 4. The molecule has 18 heteroatoms. The lowest BCUT2D eigenvalue weighted by molar-refractivity contribution is 0.0599. The van der Waals surface area contributed by atoms with Crippen LogP contribution in [-0.2, 0) is 38.0 Å². The number of hydrogen-bond donors (Lipinski definition) is 1. The van der Waals surface area contributed by atoms with Gasteiger partial charge in [0.05, 0.1) is 52.5 Å². The first-order valence-electron chi connectivity index (χ1n) is 23.9. The Kier molecular flexibility index (Phi) is 15.7. The van der Waals surface area contributed by atoms with Crippen molar-refractivity contribution in [2.75, 3.05) is 40.3 Å². The average Bonchev–Trinajstić information content (AvgIpc) is 4.19. The van der Waals surface area contributed by atoms with E-state index in [4.69, 9.17) is 14.2 Å². The first kappa shape index (κ1) is 52.7. The maximum atomic E-state index is 12.7. The number of hydrogen-bond acceptors (Lipinski definition) is 9. The van der Waals surface area contributed by atoms with E-state index in [-0.39, 0.29) is 22.6 Å². The van der Waals surface area contributed by atoms with E-state index in [1.54, 1.807) is 30.3 Å². The standard InChI is InChI=1S/C29H27BrN2O5S.C28H25BrN2O5S/c1-20-9-11-27(26-17-23(30)10-12-28(26)37-19-21-7-4-3-5-8-21)32(20)25-16-22(29(33)36-2)15-24(18-25)31-13-6-14-38(31,34)35;1-19-8-10-26(25-16-22(29)9-11-27(25)36-18-20-6-3-2-4-7-20)31(19)24-15-21(28(32)33)14-23(17-24)30-12-5-13-37(30,34)35/h3-5,7-12,15-18H,6,13-14,19H2,1-2H3;2-4,6-11,14-17H,5,12-13,18H2,1H3,(H,32,33). The predicted octanol–water partition coefficient (Wildman–Crippen LogP) is 12.2. The zero-order valence-electron chi connectivity index (χ0n) is 41.2. The van der Waals surface area contributed by atoms with E-state index in [2.05, 4.69) is 31.9 Å². The Labute approximate surface area is 453 Å². The quantitative estimate of drug-likeness (QED) is 0.104. The lowest BCUT2D eigenvalue weighted by Gasteiger charge is -2.21. The molecule has 75 heavy (non-hydrogen) atoms. The number of aromatic carboxylic acids is 1. The molecular weight excluding hydrogens is 1120 g/mol. The number of esters is 1. The van der Waals surface area contributed by atoms with Gasteiger partial charge in [0.2, 0.25) is 20.0 Å². The van der Waals surface area contributed by atoms with Crippen molar-refractivity contribution in [1.82, 2.24) is 9.13 Å². The van der Waals surface area contributed by atoms with Gasteiger partial charge in [0, 0.05) is 55.9 Å². The van der Waals surface area contributed by atoms with Crippen LogP contribution in [0.1, 0.15) is 56.1 Å². The van der Waals surface area contributed by atoms with Crippen molar-refractivity contribution >= 4 is 75.2 Å². The number of carbonyl (C=O) groups excluding carboxylic acids is 1. The van der Waals surface area contributed by atoms with Crippen LogP contribution in [0.2, 0.25) is 0 Å². The smallest absolute Gasteiger partial charge is 0.337 e. The normalized spacial score (nSPS) is 14.5. The number of halogens is 2. The van der Waals surface area contributed by atoms with Gasteiger partial charge in [-0.25, -0.2) is 26.4 Å². The molecule has 4 heterocycles. The summed E-state index contributed by atoms with van der Waals surface area (Å²) in [4.78, 5) is 24.6. The van der Waals surface area contributed by atoms with Crippen molar-refractivity contribution in [3.63, 3.8) is 0 Å². The number of ether oxygens (including phenoxy) is 3. The molecule has 2 fully saturated rings. The van der Waals surface area contributed by atoms with Crippen LogP contribution in [0.15, 0.2) is 167 Å². The van der Waals surface area contributed by atoms with Crippen LogP contribution in [0.25, 0.3) is 33.9 Å². The molecule has 10 rings (SSSR count). The first-order chi connectivity index (χ1) is 36.0. The summed E-state index contributed by atoms with van der Waals surface area (Å²) in [5.41, 5.74) is 9.44. The summed E-state index contributed by atoms with van der Waals surface area (Å²) in [6.45, 7) is 5.37. The Morgan fingerprint density at radius 3 is 1.35 bits per heavy atom. The summed E-state index contributed by atoms with van der Waals surface area (Å²) in [5.74, 6) is -0.163. The topological polar surface area (TPSA) is 167 Å². The number of benzene rings is 6. The molecule has 0 saturated carbocycles. The zero-order chi connectivity index (χ0) is 53.0. The van der Waals surface area contributed by atoms with Crippen molar-refractivity contribution in [3.05, 3.63) is 200 Å². The minimum atomic E-state index is -3.48. The molecule has 2 saturated heterocycles. The lowest BCUT2D eigenvalue weighted by atomic mass is 10.1. The van der Waals surface area contributed by atoms with Gasteiger partial charge in [0.25, 0.3) is 0 Å². The number of sulfonamides is 2. The molecule has 2 aliphatic rings. The minimum Gasteiger partial charge on any atom is -0.488 e. The summed E-state index contributed by atoms with van der Waals surface area (Å²) >= 11 is 7.15. The fraction of sp³-hybridized carbons (Fsp3) is 0.193. The summed E-state index contributed by atoms with van der Waals surface area (Å²) < 4.78 is 76.5. The molecule has 0 amide bonds. The Bertz CT molecular complexity index is 3660. The number of carboxylic acids is 1. The lowest BCUT2D eigenvalue weighted by Crippen LogP contribution is -2.25. The van der Waals surface area contributed by atoms with E-state index in [9.17, 15) is 31.5 Å². The summed E-state index contributed by atoms with van der Waals surface area (Å²) in [5, 5.41) is 9.82. The molecule has 2 aromatic heterocycles. The van der Waals surface area contributed by atoms with Crippen LogP contribution < -0.4 is 18.1 Å². The van der Waals surface area contributed by atoms with Crippen LogP contribution in [0.3, 0.4) is 0 Å². The molecule has 14 nitrogen and oxygen atoms in total. The maximum absolute atomic E-state index is 12.7. The second-order valence-corrected chi connectivity index (χ2v) is 23.8. The molecular formula is C57H52Br2N4O10S2. The van der Waals surface area contributed by atoms with Crippen molar-refractivity contribution < 1.29 is 45.7 Å². The second-order valence-electron chi connectivity index (χ2n) is 18.0. The molecule has 0 unspecified atom stereocenters. The highest BCUT2D eigenvalue weighted by atomic mass is 79.9. The van der Waals surface area contributed by atoms with Crippen LogP contribution in [0, 0.1) is 13.8 Å². The third-order valence-corrected chi connectivity index (χ3v) is 17.6. The number of carboxylic acid groups (broad SMARTS) is 1. The highest BCUT2D eigenvalue weighted by Gasteiger charge is 2.31. The molecule has 0 spiro atoms. The van der Waals surface area contributed by atoms with Gasteiger partial charge in [0.15, 0.2) is 0 Å². The van der Waals surface area contributed by atoms with Crippen LogP contribution in [0.5, 0.6) is 11.5 Å². The van der Waals surface area contributed by atoms with Crippen molar-refractivity contribution in [2.45, 2.75) is 39.9 Å².